The lowest BCUT2D eigenvalue weighted by atomic mass is 10.1. The van der Waals surface area contributed by atoms with Gasteiger partial charge in [0.1, 0.15) is 12.3 Å². The van der Waals surface area contributed by atoms with Crippen LogP contribution in [0.15, 0.2) is 24.3 Å². The minimum atomic E-state index is -1.10. The zero-order valence-electron chi connectivity index (χ0n) is 12.5. The maximum Gasteiger partial charge on any atom is 0.323 e. The Morgan fingerprint density at radius 3 is 2.24 bits per heavy atom. The number of nitrogens with zero attached hydrogens (tertiary/aromatic N) is 1. The number of nitrogens with one attached hydrogen (secondary N) is 1. The zero-order valence-corrected chi connectivity index (χ0v) is 12.5. The number of hydrogen-bond acceptors (Lipinski definition) is 3. The quantitative estimate of drug-likeness (QED) is 0.751. The van der Waals surface area contributed by atoms with Crippen molar-refractivity contribution in [2.75, 3.05) is 11.4 Å². The molecule has 0 radical (unpaired) electrons. The van der Waals surface area contributed by atoms with E-state index in [9.17, 15) is 14.7 Å². The van der Waals surface area contributed by atoms with Crippen LogP contribution in [0.2, 0.25) is 0 Å². The molecule has 6 heteroatoms. The molecule has 21 heavy (non-hydrogen) atoms. The van der Waals surface area contributed by atoms with Crippen molar-refractivity contribution in [1.29, 1.82) is 0 Å². The van der Waals surface area contributed by atoms with E-state index in [4.69, 9.17) is 5.11 Å². The maximum atomic E-state index is 12.2. The fraction of sp³-hybridized carbons (Fsp3) is 0.467. The standard InChI is InChI=1S/C15H22N2O4/c1-10(2)8-11(3)16-15(21)17(9-14(19)20)12-4-6-13(18)7-5-12/h4-7,10-11,18H,8-9H2,1-3H3,(H,16,21)(H,19,20). The Bertz CT molecular complexity index is 485. The summed E-state index contributed by atoms with van der Waals surface area (Å²) in [6, 6.07) is 5.32. The zero-order chi connectivity index (χ0) is 16.0. The normalized spacial score (nSPS) is 12.0. The molecular formula is C15H22N2O4. The summed E-state index contributed by atoms with van der Waals surface area (Å²) in [7, 11) is 0. The molecule has 1 atom stereocenters. The van der Waals surface area contributed by atoms with Crippen LogP contribution < -0.4 is 10.2 Å². The second-order valence-corrected chi connectivity index (χ2v) is 5.48. The van der Waals surface area contributed by atoms with Gasteiger partial charge in [-0.1, -0.05) is 13.8 Å². The molecule has 0 heterocycles. The highest BCUT2D eigenvalue weighted by atomic mass is 16.4. The number of phenolic OH excluding ortho intramolecular Hbond substituents is 1. The third-order valence-corrected chi connectivity index (χ3v) is 2.89. The van der Waals surface area contributed by atoms with Gasteiger partial charge in [-0.2, -0.15) is 0 Å². The molecule has 0 aromatic heterocycles. The van der Waals surface area contributed by atoms with Crippen molar-refractivity contribution >= 4 is 17.7 Å². The summed E-state index contributed by atoms with van der Waals surface area (Å²) in [5.41, 5.74) is 0.421. The summed E-state index contributed by atoms with van der Waals surface area (Å²) < 4.78 is 0. The van der Waals surface area contributed by atoms with Gasteiger partial charge >= 0.3 is 12.0 Å². The lowest BCUT2D eigenvalue weighted by Gasteiger charge is -2.24. The van der Waals surface area contributed by atoms with Crippen molar-refractivity contribution in [3.8, 4) is 5.75 Å². The van der Waals surface area contributed by atoms with Gasteiger partial charge in [0.15, 0.2) is 0 Å². The molecule has 3 N–H and O–H groups in total. The van der Waals surface area contributed by atoms with Crippen molar-refractivity contribution < 1.29 is 19.8 Å². The van der Waals surface area contributed by atoms with Gasteiger partial charge in [-0.25, -0.2) is 4.79 Å². The van der Waals surface area contributed by atoms with E-state index in [-0.39, 0.29) is 11.8 Å². The van der Waals surface area contributed by atoms with Crippen LogP contribution in [-0.4, -0.2) is 34.8 Å². The Kier molecular flexibility index (Phi) is 6.02. The van der Waals surface area contributed by atoms with E-state index < -0.39 is 18.5 Å². The first-order valence-electron chi connectivity index (χ1n) is 6.88. The van der Waals surface area contributed by atoms with Crippen molar-refractivity contribution in [2.45, 2.75) is 33.2 Å². The highest BCUT2D eigenvalue weighted by molar-refractivity contribution is 5.96. The predicted octanol–water partition coefficient (Wildman–Crippen LogP) is 2.43. The van der Waals surface area contributed by atoms with E-state index in [2.05, 4.69) is 19.2 Å². The third kappa shape index (κ3) is 5.72. The maximum absolute atomic E-state index is 12.2. The first-order valence-corrected chi connectivity index (χ1v) is 6.88. The molecule has 0 saturated heterocycles. The van der Waals surface area contributed by atoms with Gasteiger partial charge in [-0.3, -0.25) is 9.69 Å². The second-order valence-electron chi connectivity index (χ2n) is 5.48. The smallest absolute Gasteiger partial charge is 0.323 e. The van der Waals surface area contributed by atoms with Gasteiger partial charge in [-0.05, 0) is 43.5 Å². The molecule has 116 valence electrons. The molecule has 0 spiro atoms. The minimum absolute atomic E-state index is 0.0501. The molecule has 0 aliphatic rings. The van der Waals surface area contributed by atoms with Crippen LogP contribution in [0.25, 0.3) is 0 Å². The highest BCUT2D eigenvalue weighted by Crippen LogP contribution is 2.18. The first kappa shape index (κ1) is 16.8. The SMILES string of the molecule is CC(C)CC(C)NC(=O)N(CC(=O)O)c1ccc(O)cc1. The van der Waals surface area contributed by atoms with Crippen LogP contribution in [0, 0.1) is 5.92 Å². The molecule has 2 amide bonds. The number of rotatable bonds is 6. The number of benzene rings is 1. The van der Waals surface area contributed by atoms with E-state index in [1.165, 1.54) is 24.3 Å². The van der Waals surface area contributed by atoms with Crippen LogP contribution in [0.1, 0.15) is 27.2 Å². The Labute approximate surface area is 124 Å². The van der Waals surface area contributed by atoms with E-state index in [1.54, 1.807) is 0 Å². The van der Waals surface area contributed by atoms with Crippen molar-refractivity contribution in [1.82, 2.24) is 5.32 Å². The van der Waals surface area contributed by atoms with Crippen molar-refractivity contribution in [3.63, 3.8) is 0 Å². The number of aromatic hydroxyl groups is 1. The molecular weight excluding hydrogens is 272 g/mol. The number of carboxylic acid groups (broad SMARTS) is 1. The lowest BCUT2D eigenvalue weighted by Crippen LogP contribution is -2.46. The van der Waals surface area contributed by atoms with Crippen molar-refractivity contribution in [3.05, 3.63) is 24.3 Å². The number of carbonyl (C=O) groups excluding carboxylic acids is 1. The van der Waals surface area contributed by atoms with E-state index >= 15 is 0 Å². The van der Waals surface area contributed by atoms with E-state index in [0.717, 1.165) is 11.3 Å². The van der Waals surface area contributed by atoms with Crippen LogP contribution >= 0.6 is 0 Å². The molecule has 6 nitrogen and oxygen atoms in total. The Hall–Kier alpha value is -2.24. The molecule has 0 fully saturated rings. The highest BCUT2D eigenvalue weighted by Gasteiger charge is 2.20. The molecule has 0 bridgehead atoms. The minimum Gasteiger partial charge on any atom is -0.508 e. The summed E-state index contributed by atoms with van der Waals surface area (Å²) in [6.45, 7) is 5.55. The van der Waals surface area contributed by atoms with Gasteiger partial charge < -0.3 is 15.5 Å². The second kappa shape index (κ2) is 7.52. The average Bonchev–Trinajstić information content (AvgIpc) is 2.35. The molecule has 0 aliphatic carbocycles. The van der Waals surface area contributed by atoms with Crippen LogP contribution in [0.3, 0.4) is 0 Å². The predicted molar refractivity (Wildman–Crippen MR) is 80.5 cm³/mol. The largest absolute Gasteiger partial charge is 0.508 e. The molecule has 0 saturated carbocycles. The summed E-state index contributed by atoms with van der Waals surface area (Å²) in [5, 5.41) is 21.0. The van der Waals surface area contributed by atoms with Gasteiger partial charge in [-0.15, -0.1) is 0 Å². The number of carboxylic acids is 1. The van der Waals surface area contributed by atoms with Crippen LogP contribution in [0.5, 0.6) is 5.75 Å². The Morgan fingerprint density at radius 2 is 1.76 bits per heavy atom. The van der Waals surface area contributed by atoms with Crippen molar-refractivity contribution in [2.24, 2.45) is 5.92 Å². The van der Waals surface area contributed by atoms with E-state index in [0.29, 0.717) is 11.6 Å². The molecule has 1 rings (SSSR count). The molecule has 1 unspecified atom stereocenters. The van der Waals surface area contributed by atoms with Crippen LogP contribution in [-0.2, 0) is 4.79 Å². The van der Waals surface area contributed by atoms with Gasteiger partial charge in [0.2, 0.25) is 0 Å². The third-order valence-electron chi connectivity index (χ3n) is 2.89. The number of urea groups is 1. The summed E-state index contributed by atoms with van der Waals surface area (Å²) in [5.74, 6) is -0.612. The van der Waals surface area contributed by atoms with Gasteiger partial charge in [0, 0.05) is 11.7 Å². The molecule has 0 aliphatic heterocycles. The number of carbonyl (C=O) groups is 2. The summed E-state index contributed by atoms with van der Waals surface area (Å²) >= 11 is 0. The number of aliphatic carboxylic acids is 1. The van der Waals surface area contributed by atoms with E-state index in [1.807, 2.05) is 6.92 Å². The fourth-order valence-corrected chi connectivity index (χ4v) is 2.10. The average molecular weight is 294 g/mol. The number of phenols is 1. The monoisotopic (exact) mass is 294 g/mol. The molecule has 1 aromatic carbocycles. The lowest BCUT2D eigenvalue weighted by molar-refractivity contribution is -0.135. The number of anilines is 1. The topological polar surface area (TPSA) is 89.9 Å². The molecule has 1 aromatic rings. The summed E-state index contributed by atoms with van der Waals surface area (Å²) in [4.78, 5) is 24.3. The van der Waals surface area contributed by atoms with Crippen LogP contribution in [0.4, 0.5) is 10.5 Å². The number of hydrogen-bond donors (Lipinski definition) is 3. The number of amides is 2. The van der Waals surface area contributed by atoms with Gasteiger partial charge in [0.05, 0.1) is 0 Å². The van der Waals surface area contributed by atoms with Gasteiger partial charge in [0.25, 0.3) is 0 Å². The summed E-state index contributed by atoms with van der Waals surface area (Å²) in [6.07, 6.45) is 0.808. The Morgan fingerprint density at radius 1 is 1.19 bits per heavy atom. The Balaban J connectivity index is 2.84. The fourth-order valence-electron chi connectivity index (χ4n) is 2.10. The first-order chi connectivity index (χ1) is 9.79.